The third kappa shape index (κ3) is 5.25. The van der Waals surface area contributed by atoms with Crippen molar-refractivity contribution in [2.24, 2.45) is 10.7 Å². The van der Waals surface area contributed by atoms with Crippen LogP contribution in [0.3, 0.4) is 0 Å². The summed E-state index contributed by atoms with van der Waals surface area (Å²) >= 11 is 0. The first-order valence-corrected chi connectivity index (χ1v) is 14.2. The van der Waals surface area contributed by atoms with Crippen LogP contribution in [-0.2, 0) is 5.54 Å². The Labute approximate surface area is 257 Å². The standard InChI is InChI=1S/C34H30F3N7O/c1-4-5-16-39-30(38)32-42-41-31-27-18-26(22-9-7-6-8-10-22)29(40-28(27)15-17-44(31)32)23-11-13-24(14-12-23)33(19-25(45)20-33)43(3)21(2)34(35,36)37/h4-18,25,45H,1-2,19-20H2,3H3,(H2,38,39)/b16-5-. The van der Waals surface area contributed by atoms with E-state index in [1.54, 1.807) is 34.9 Å². The summed E-state index contributed by atoms with van der Waals surface area (Å²) in [4.78, 5) is 10.4. The first-order valence-electron chi connectivity index (χ1n) is 14.2. The molecule has 3 aromatic heterocycles. The number of hydrogen-bond donors (Lipinski definition) is 2. The minimum absolute atomic E-state index is 0.164. The molecule has 1 saturated carbocycles. The van der Waals surface area contributed by atoms with Gasteiger partial charge in [-0.2, -0.15) is 13.2 Å². The Balaban J connectivity index is 1.46. The lowest BCUT2D eigenvalue weighted by Crippen LogP contribution is -2.56. The molecule has 1 aliphatic carbocycles. The van der Waals surface area contributed by atoms with Gasteiger partial charge in [-0.3, -0.25) is 4.40 Å². The molecule has 0 unspecified atom stereocenters. The van der Waals surface area contributed by atoms with Crippen LogP contribution in [0.5, 0.6) is 0 Å². The van der Waals surface area contributed by atoms with Crippen molar-refractivity contribution in [1.29, 1.82) is 0 Å². The van der Waals surface area contributed by atoms with E-state index in [1.165, 1.54) is 13.2 Å². The number of nitrogens with two attached hydrogens (primary N) is 1. The van der Waals surface area contributed by atoms with Crippen LogP contribution in [0.2, 0.25) is 0 Å². The molecule has 0 saturated heterocycles. The fraction of sp³-hybridized carbons (Fsp3) is 0.176. The van der Waals surface area contributed by atoms with Gasteiger partial charge in [-0.05, 0) is 29.3 Å². The number of fused-ring (bicyclic) bond motifs is 3. The highest BCUT2D eigenvalue weighted by molar-refractivity contribution is 6.01. The molecule has 228 valence electrons. The average Bonchev–Trinajstić information content (AvgIpc) is 3.47. The minimum atomic E-state index is -4.58. The lowest BCUT2D eigenvalue weighted by molar-refractivity contribution is -0.138. The lowest BCUT2D eigenvalue weighted by atomic mass is 9.68. The molecule has 11 heteroatoms. The molecule has 0 aliphatic heterocycles. The fourth-order valence-electron chi connectivity index (χ4n) is 5.88. The summed E-state index contributed by atoms with van der Waals surface area (Å²) in [6.07, 6.45) is 1.60. The van der Waals surface area contributed by atoms with Crippen molar-refractivity contribution in [3.63, 3.8) is 0 Å². The Bertz CT molecular complexity index is 1970. The van der Waals surface area contributed by atoms with Crippen LogP contribution >= 0.6 is 0 Å². The second-order valence-corrected chi connectivity index (χ2v) is 11.0. The number of rotatable bonds is 8. The monoisotopic (exact) mass is 609 g/mol. The quantitative estimate of drug-likeness (QED) is 0.120. The molecule has 0 atom stereocenters. The van der Waals surface area contributed by atoms with E-state index in [1.807, 2.05) is 54.6 Å². The van der Waals surface area contributed by atoms with Crippen LogP contribution in [0.15, 0.2) is 115 Å². The van der Waals surface area contributed by atoms with Gasteiger partial charge < -0.3 is 15.7 Å². The van der Waals surface area contributed by atoms with Crippen molar-refractivity contribution < 1.29 is 18.3 Å². The predicted molar refractivity (Wildman–Crippen MR) is 169 cm³/mol. The topological polar surface area (TPSA) is 105 Å². The number of aliphatic hydroxyl groups excluding tert-OH is 1. The summed E-state index contributed by atoms with van der Waals surface area (Å²) in [7, 11) is 1.38. The Kier molecular flexibility index (Phi) is 7.49. The highest BCUT2D eigenvalue weighted by Gasteiger charge is 2.52. The van der Waals surface area contributed by atoms with Gasteiger partial charge >= 0.3 is 6.18 Å². The van der Waals surface area contributed by atoms with Gasteiger partial charge in [-0.25, -0.2) is 9.98 Å². The second-order valence-electron chi connectivity index (χ2n) is 11.0. The zero-order valence-corrected chi connectivity index (χ0v) is 24.4. The van der Waals surface area contributed by atoms with E-state index >= 15 is 0 Å². The molecule has 2 aromatic carbocycles. The highest BCUT2D eigenvalue weighted by atomic mass is 19.4. The van der Waals surface area contributed by atoms with E-state index < -0.39 is 23.5 Å². The van der Waals surface area contributed by atoms with Crippen LogP contribution in [0.25, 0.3) is 38.9 Å². The average molecular weight is 610 g/mol. The number of alkyl halides is 3. The molecule has 0 amide bonds. The van der Waals surface area contributed by atoms with E-state index in [9.17, 15) is 18.3 Å². The van der Waals surface area contributed by atoms with Gasteiger partial charge in [0.2, 0.25) is 5.82 Å². The Morgan fingerprint density at radius 2 is 1.80 bits per heavy atom. The van der Waals surface area contributed by atoms with Crippen LogP contribution in [-0.4, -0.2) is 54.8 Å². The van der Waals surface area contributed by atoms with Gasteiger partial charge in [0.05, 0.1) is 22.9 Å². The van der Waals surface area contributed by atoms with Crippen molar-refractivity contribution in [3.05, 3.63) is 122 Å². The summed E-state index contributed by atoms with van der Waals surface area (Å²) in [5, 5.41) is 19.6. The Morgan fingerprint density at radius 1 is 1.09 bits per heavy atom. The molecule has 6 rings (SSSR count). The third-order valence-electron chi connectivity index (χ3n) is 8.34. The number of allylic oxidation sites excluding steroid dienone is 3. The van der Waals surface area contributed by atoms with Gasteiger partial charge in [0.25, 0.3) is 0 Å². The van der Waals surface area contributed by atoms with Crippen molar-refractivity contribution in [1.82, 2.24) is 24.5 Å². The molecule has 3 heterocycles. The third-order valence-corrected chi connectivity index (χ3v) is 8.34. The zero-order valence-electron chi connectivity index (χ0n) is 24.4. The van der Waals surface area contributed by atoms with E-state index in [0.29, 0.717) is 28.2 Å². The fourth-order valence-corrected chi connectivity index (χ4v) is 5.88. The van der Waals surface area contributed by atoms with Crippen molar-refractivity contribution in [2.45, 2.75) is 30.7 Å². The summed E-state index contributed by atoms with van der Waals surface area (Å²) < 4.78 is 42.5. The first kappa shape index (κ1) is 29.8. The number of hydrogen-bond acceptors (Lipinski definition) is 6. The van der Waals surface area contributed by atoms with Crippen molar-refractivity contribution >= 4 is 22.4 Å². The molecule has 0 spiro atoms. The molecule has 3 N–H and O–H groups in total. The van der Waals surface area contributed by atoms with Crippen molar-refractivity contribution in [2.75, 3.05) is 7.05 Å². The van der Waals surface area contributed by atoms with Gasteiger partial charge in [0, 0.05) is 48.8 Å². The van der Waals surface area contributed by atoms with E-state index in [-0.39, 0.29) is 18.7 Å². The van der Waals surface area contributed by atoms with Crippen LogP contribution in [0, 0.1) is 0 Å². The maximum Gasteiger partial charge on any atom is 0.430 e. The number of halogens is 3. The molecule has 1 aliphatic rings. The Morgan fingerprint density at radius 3 is 2.44 bits per heavy atom. The van der Waals surface area contributed by atoms with E-state index in [0.717, 1.165) is 27.0 Å². The maximum atomic E-state index is 13.6. The molecule has 0 radical (unpaired) electrons. The van der Waals surface area contributed by atoms with Gasteiger partial charge in [0.15, 0.2) is 11.5 Å². The SMILES string of the molecule is C=C/C=C\N=C(N)c1nnc2c3cc(-c4ccccc4)c(-c4ccc(C5(N(C)C(=C)C(F)(F)F)CC(O)C5)cc4)nc3ccn12. The maximum absolute atomic E-state index is 13.6. The largest absolute Gasteiger partial charge is 0.430 e. The predicted octanol–water partition coefficient (Wildman–Crippen LogP) is 6.37. The van der Waals surface area contributed by atoms with E-state index in [2.05, 4.69) is 28.3 Å². The molecule has 0 bridgehead atoms. The van der Waals surface area contributed by atoms with Crippen LogP contribution in [0.1, 0.15) is 24.2 Å². The van der Waals surface area contributed by atoms with Crippen LogP contribution < -0.4 is 5.73 Å². The number of benzene rings is 2. The van der Waals surface area contributed by atoms with Gasteiger partial charge in [-0.15, -0.1) is 10.2 Å². The molecule has 45 heavy (non-hydrogen) atoms. The molecule has 5 aromatic rings. The molecular formula is C34H30F3N7O. The number of nitrogens with zero attached hydrogens (tertiary/aromatic N) is 6. The number of amidine groups is 1. The second kappa shape index (κ2) is 11.3. The lowest BCUT2D eigenvalue weighted by Gasteiger charge is -2.53. The zero-order chi connectivity index (χ0) is 31.9. The van der Waals surface area contributed by atoms with E-state index in [4.69, 9.17) is 10.7 Å². The number of aliphatic hydroxyl groups is 1. The normalized spacial score (nSPS) is 18.8. The Hall–Kier alpha value is -5.29. The summed E-state index contributed by atoms with van der Waals surface area (Å²) in [6.45, 7) is 6.91. The van der Waals surface area contributed by atoms with Gasteiger partial charge in [-0.1, -0.05) is 73.8 Å². The highest BCUT2D eigenvalue weighted by Crippen LogP contribution is 2.49. The molecular weight excluding hydrogens is 579 g/mol. The number of pyridine rings is 2. The molecule has 8 nitrogen and oxygen atoms in total. The summed E-state index contributed by atoms with van der Waals surface area (Å²) in [5.41, 5.74) is 9.31. The summed E-state index contributed by atoms with van der Waals surface area (Å²) in [6, 6.07) is 20.9. The number of aromatic nitrogens is 4. The first-order chi connectivity index (χ1) is 21.5. The van der Waals surface area contributed by atoms with Crippen molar-refractivity contribution in [3.8, 4) is 22.4 Å². The van der Waals surface area contributed by atoms with Gasteiger partial charge in [0.1, 0.15) is 5.70 Å². The number of aliphatic imine (C=N–C) groups is 1. The smallest absolute Gasteiger partial charge is 0.393 e. The van der Waals surface area contributed by atoms with Crippen LogP contribution in [0.4, 0.5) is 13.2 Å². The minimum Gasteiger partial charge on any atom is -0.393 e. The summed E-state index contributed by atoms with van der Waals surface area (Å²) in [5.74, 6) is 0.573. The molecule has 1 fully saturated rings.